The molecule has 0 spiro atoms. The Morgan fingerprint density at radius 3 is 2.40 bits per heavy atom. The van der Waals surface area contributed by atoms with E-state index in [1.807, 2.05) is 54.6 Å². The number of aliphatic hydroxyl groups excluding tert-OH is 1. The molecule has 1 heterocycles. The van der Waals surface area contributed by atoms with Crippen molar-refractivity contribution in [2.24, 2.45) is 0 Å². The maximum Gasteiger partial charge on any atom is 0.243 e. The van der Waals surface area contributed by atoms with Crippen LogP contribution in [-0.2, 0) is 0 Å². The first-order chi connectivity index (χ1) is 9.83. The summed E-state index contributed by atoms with van der Waals surface area (Å²) in [6.45, 7) is 0.337. The summed E-state index contributed by atoms with van der Waals surface area (Å²) in [5.41, 5.74) is 2.38. The van der Waals surface area contributed by atoms with E-state index in [1.54, 1.807) is 0 Å². The topological polar surface area (TPSA) is 70.9 Å². The maximum absolute atomic E-state index is 10.1. The number of aliphatic hydroxyl groups is 1. The highest BCUT2D eigenvalue weighted by Gasteiger charge is 2.08. The third kappa shape index (κ3) is 2.73. The Bertz CT molecular complexity index is 702. The minimum atomic E-state index is -0.605. The molecule has 20 heavy (non-hydrogen) atoms. The SMILES string of the molecule is OC(CNc1nnc2ccccc2n1)c1ccccc1. The van der Waals surface area contributed by atoms with Gasteiger partial charge in [-0.05, 0) is 17.7 Å². The van der Waals surface area contributed by atoms with Crippen molar-refractivity contribution >= 4 is 17.0 Å². The Morgan fingerprint density at radius 2 is 1.60 bits per heavy atom. The number of aromatic nitrogens is 3. The quantitative estimate of drug-likeness (QED) is 0.757. The summed E-state index contributed by atoms with van der Waals surface area (Å²) in [5.74, 6) is 0.415. The first-order valence-corrected chi connectivity index (χ1v) is 6.39. The summed E-state index contributed by atoms with van der Waals surface area (Å²) in [7, 11) is 0. The lowest BCUT2D eigenvalue weighted by atomic mass is 10.1. The van der Waals surface area contributed by atoms with Gasteiger partial charge in [0.2, 0.25) is 5.95 Å². The first kappa shape index (κ1) is 12.5. The second kappa shape index (κ2) is 5.63. The Morgan fingerprint density at radius 1 is 0.900 bits per heavy atom. The van der Waals surface area contributed by atoms with E-state index in [0.29, 0.717) is 12.5 Å². The monoisotopic (exact) mass is 266 g/mol. The lowest BCUT2D eigenvalue weighted by Crippen LogP contribution is -2.14. The molecule has 0 saturated heterocycles. The van der Waals surface area contributed by atoms with Crippen molar-refractivity contribution in [3.05, 3.63) is 60.2 Å². The van der Waals surface area contributed by atoms with Gasteiger partial charge in [-0.3, -0.25) is 0 Å². The van der Waals surface area contributed by atoms with Crippen LogP contribution in [0.5, 0.6) is 0 Å². The summed E-state index contributed by atoms with van der Waals surface area (Å²) in [4.78, 5) is 4.35. The minimum absolute atomic E-state index is 0.337. The van der Waals surface area contributed by atoms with Crippen molar-refractivity contribution in [1.82, 2.24) is 15.2 Å². The van der Waals surface area contributed by atoms with Crippen LogP contribution in [0.4, 0.5) is 5.95 Å². The average molecular weight is 266 g/mol. The lowest BCUT2D eigenvalue weighted by Gasteiger charge is -2.11. The van der Waals surface area contributed by atoms with Gasteiger partial charge in [-0.1, -0.05) is 42.5 Å². The van der Waals surface area contributed by atoms with Crippen molar-refractivity contribution < 1.29 is 5.11 Å². The summed E-state index contributed by atoms with van der Waals surface area (Å²) in [6.07, 6.45) is -0.605. The molecule has 2 aromatic carbocycles. The molecule has 1 unspecified atom stereocenters. The normalized spacial score (nSPS) is 12.2. The highest BCUT2D eigenvalue weighted by molar-refractivity contribution is 5.73. The smallest absolute Gasteiger partial charge is 0.243 e. The molecule has 2 N–H and O–H groups in total. The molecule has 0 aliphatic rings. The summed E-state index contributed by atoms with van der Waals surface area (Å²) in [5, 5.41) is 21.1. The predicted molar refractivity (Wildman–Crippen MR) is 77.2 cm³/mol. The highest BCUT2D eigenvalue weighted by Crippen LogP contribution is 2.13. The van der Waals surface area contributed by atoms with Gasteiger partial charge in [-0.15, -0.1) is 10.2 Å². The van der Waals surface area contributed by atoms with Gasteiger partial charge in [0, 0.05) is 6.54 Å². The van der Waals surface area contributed by atoms with Crippen molar-refractivity contribution in [1.29, 1.82) is 0 Å². The van der Waals surface area contributed by atoms with Gasteiger partial charge in [-0.25, -0.2) is 4.98 Å². The molecule has 0 bridgehead atoms. The standard InChI is InChI=1S/C15H14N4O/c20-14(11-6-2-1-3-7-11)10-16-15-17-12-8-4-5-9-13(12)18-19-15/h1-9,14,20H,10H2,(H,16,17,19). The molecule has 3 aromatic rings. The van der Waals surface area contributed by atoms with Crippen molar-refractivity contribution in [2.75, 3.05) is 11.9 Å². The molecular formula is C15H14N4O. The van der Waals surface area contributed by atoms with E-state index in [9.17, 15) is 5.11 Å². The molecule has 0 aliphatic carbocycles. The molecule has 100 valence electrons. The van der Waals surface area contributed by atoms with Gasteiger partial charge in [0.05, 0.1) is 11.6 Å². The molecule has 1 atom stereocenters. The Balaban J connectivity index is 1.70. The molecule has 0 saturated carbocycles. The van der Waals surface area contributed by atoms with Crippen LogP contribution in [0.25, 0.3) is 11.0 Å². The van der Waals surface area contributed by atoms with Crippen LogP contribution in [0.15, 0.2) is 54.6 Å². The number of hydrogen-bond donors (Lipinski definition) is 2. The Kier molecular flexibility index (Phi) is 3.52. The second-order valence-corrected chi connectivity index (χ2v) is 4.43. The third-order valence-corrected chi connectivity index (χ3v) is 3.00. The second-order valence-electron chi connectivity index (χ2n) is 4.43. The fourth-order valence-electron chi connectivity index (χ4n) is 1.94. The largest absolute Gasteiger partial charge is 0.387 e. The highest BCUT2D eigenvalue weighted by atomic mass is 16.3. The Hall–Kier alpha value is -2.53. The molecule has 5 heteroatoms. The average Bonchev–Trinajstić information content (AvgIpc) is 2.53. The number of benzene rings is 2. The molecule has 3 rings (SSSR count). The number of hydrogen-bond acceptors (Lipinski definition) is 5. The van der Waals surface area contributed by atoms with Gasteiger partial charge in [0.15, 0.2) is 0 Å². The van der Waals surface area contributed by atoms with Crippen LogP contribution in [0, 0.1) is 0 Å². The summed E-state index contributed by atoms with van der Waals surface area (Å²) in [6, 6.07) is 17.0. The summed E-state index contributed by atoms with van der Waals surface area (Å²) < 4.78 is 0. The van der Waals surface area contributed by atoms with Gasteiger partial charge < -0.3 is 10.4 Å². The predicted octanol–water partition coefficient (Wildman–Crippen LogP) is 2.17. The molecular weight excluding hydrogens is 252 g/mol. The van der Waals surface area contributed by atoms with E-state index in [1.165, 1.54) is 0 Å². The van der Waals surface area contributed by atoms with E-state index in [2.05, 4.69) is 20.5 Å². The molecule has 0 aliphatic heterocycles. The lowest BCUT2D eigenvalue weighted by molar-refractivity contribution is 0.191. The van der Waals surface area contributed by atoms with Crippen molar-refractivity contribution in [2.45, 2.75) is 6.10 Å². The van der Waals surface area contributed by atoms with Crippen LogP contribution in [0.1, 0.15) is 11.7 Å². The van der Waals surface area contributed by atoms with Gasteiger partial charge >= 0.3 is 0 Å². The zero-order valence-corrected chi connectivity index (χ0v) is 10.8. The number of rotatable bonds is 4. The van der Waals surface area contributed by atoms with Crippen LogP contribution >= 0.6 is 0 Å². The molecule has 1 aromatic heterocycles. The fraction of sp³-hybridized carbons (Fsp3) is 0.133. The van der Waals surface area contributed by atoms with E-state index in [4.69, 9.17) is 0 Å². The molecule has 5 nitrogen and oxygen atoms in total. The minimum Gasteiger partial charge on any atom is -0.387 e. The fourth-order valence-corrected chi connectivity index (χ4v) is 1.94. The van der Waals surface area contributed by atoms with Crippen LogP contribution < -0.4 is 5.32 Å². The van der Waals surface area contributed by atoms with Crippen molar-refractivity contribution in [3.63, 3.8) is 0 Å². The number of nitrogens with one attached hydrogen (secondary N) is 1. The van der Waals surface area contributed by atoms with Crippen LogP contribution in [-0.4, -0.2) is 26.8 Å². The number of nitrogens with zero attached hydrogens (tertiary/aromatic N) is 3. The Labute approximate surface area is 116 Å². The van der Waals surface area contributed by atoms with Crippen LogP contribution in [0.3, 0.4) is 0 Å². The van der Waals surface area contributed by atoms with E-state index < -0.39 is 6.10 Å². The van der Waals surface area contributed by atoms with Crippen LogP contribution in [0.2, 0.25) is 0 Å². The van der Waals surface area contributed by atoms with Gasteiger partial charge in [0.25, 0.3) is 0 Å². The molecule has 0 amide bonds. The van der Waals surface area contributed by atoms with Crippen molar-refractivity contribution in [3.8, 4) is 0 Å². The zero-order valence-electron chi connectivity index (χ0n) is 10.8. The summed E-state index contributed by atoms with van der Waals surface area (Å²) >= 11 is 0. The molecule has 0 radical (unpaired) electrons. The van der Waals surface area contributed by atoms with Gasteiger partial charge in [0.1, 0.15) is 5.52 Å². The maximum atomic E-state index is 10.1. The molecule has 0 fully saturated rings. The number of para-hydroxylation sites is 1. The number of anilines is 1. The first-order valence-electron chi connectivity index (χ1n) is 6.39. The number of fused-ring (bicyclic) bond motifs is 1. The van der Waals surface area contributed by atoms with E-state index in [0.717, 1.165) is 16.6 Å². The van der Waals surface area contributed by atoms with Gasteiger partial charge in [-0.2, -0.15) is 0 Å². The van der Waals surface area contributed by atoms with E-state index >= 15 is 0 Å². The van der Waals surface area contributed by atoms with E-state index in [-0.39, 0.29) is 0 Å². The third-order valence-electron chi connectivity index (χ3n) is 3.00. The zero-order chi connectivity index (χ0) is 13.8.